The molecule has 0 bridgehead atoms. The van der Waals surface area contributed by atoms with Gasteiger partial charge in [-0.1, -0.05) is 181 Å². The lowest BCUT2D eigenvalue weighted by molar-refractivity contribution is -0.128. The van der Waals surface area contributed by atoms with Crippen molar-refractivity contribution in [1.29, 1.82) is 0 Å². The Labute approximate surface area is 696 Å². The number of carbonyl (C=O) groups is 7. The summed E-state index contributed by atoms with van der Waals surface area (Å²) in [6.07, 6.45) is 25.5. The van der Waals surface area contributed by atoms with Gasteiger partial charge in [0.25, 0.3) is 0 Å². The highest BCUT2D eigenvalue weighted by molar-refractivity contribution is 5.94. The second kappa shape index (κ2) is 45.2. The van der Waals surface area contributed by atoms with Crippen LogP contribution < -0.4 is 51.4 Å². The van der Waals surface area contributed by atoms with Crippen LogP contribution in [0, 0.1) is 6.92 Å². The molecule has 0 spiro atoms. The highest BCUT2D eigenvalue weighted by Gasteiger charge is 2.46. The van der Waals surface area contributed by atoms with Gasteiger partial charge >= 0.3 is 0 Å². The lowest BCUT2D eigenvalue weighted by Gasteiger charge is -2.37. The Kier molecular flexibility index (Phi) is 36.1. The Hall–Kier alpha value is -9.05. The van der Waals surface area contributed by atoms with E-state index < -0.39 is 38.8 Å². The van der Waals surface area contributed by atoms with Gasteiger partial charge in [0.2, 0.25) is 0 Å². The zero-order chi connectivity index (χ0) is 84.5. The molecule has 117 heavy (non-hydrogen) atoms. The maximum Gasteiger partial charge on any atom is 0.157 e. The van der Waals surface area contributed by atoms with Crippen LogP contribution in [0.4, 0.5) is 0 Å². The minimum Gasteiger partial charge on any atom is -0.508 e. The normalized spacial score (nSPS) is 25.0. The van der Waals surface area contributed by atoms with Gasteiger partial charge in [0.1, 0.15) is 67.5 Å². The number of ketones is 7. The Balaban J connectivity index is 0.000000170. The second-order valence-corrected chi connectivity index (χ2v) is 31.8. The first-order valence-corrected chi connectivity index (χ1v) is 42.9. The first-order valence-electron chi connectivity index (χ1n) is 42.9. The van der Waals surface area contributed by atoms with E-state index in [0.29, 0.717) is 73.9 Å². The molecule has 9 N–H and O–H groups in total. The maximum atomic E-state index is 12.4. The largest absolute Gasteiger partial charge is 0.508 e. The number of nitrogens with one attached hydrogen (secondary N) is 7. The molecule has 19 heteroatoms. The first-order chi connectivity index (χ1) is 56.5. The number of benzene rings is 7. The van der Waals surface area contributed by atoms with Gasteiger partial charge in [0, 0.05) is 44.9 Å². The van der Waals surface area contributed by atoms with E-state index in [-0.39, 0.29) is 23.1 Å². The van der Waals surface area contributed by atoms with E-state index in [1.807, 2.05) is 157 Å². The molecule has 0 saturated heterocycles. The molecule has 632 valence electrons. The molecule has 14 rings (SSSR count). The third kappa shape index (κ3) is 22.3. The number of hydrogen-bond donors (Lipinski definition) is 9. The van der Waals surface area contributed by atoms with Crippen molar-refractivity contribution in [1.82, 2.24) is 37.2 Å². The van der Waals surface area contributed by atoms with E-state index in [0.717, 1.165) is 211 Å². The molecule has 7 fully saturated rings. The molecule has 0 radical (unpaired) electrons. The third-order valence-corrected chi connectivity index (χ3v) is 25.2. The molecular weight excluding hydrogens is 1470 g/mol. The average Bonchev–Trinajstić information content (AvgIpc) is 0.817. The molecule has 0 amide bonds. The lowest BCUT2D eigenvalue weighted by atomic mass is 9.74. The van der Waals surface area contributed by atoms with Crippen LogP contribution in [-0.4, -0.2) is 120 Å². The van der Waals surface area contributed by atoms with Crippen LogP contribution in [0.5, 0.6) is 28.7 Å². The quantitative estimate of drug-likeness (QED) is 0.0343. The van der Waals surface area contributed by atoms with Gasteiger partial charge in [-0.05, 0) is 250 Å². The fourth-order valence-electron chi connectivity index (χ4n) is 18.7. The van der Waals surface area contributed by atoms with Crippen LogP contribution in [0.1, 0.15) is 245 Å². The number of Topliss-reactive ketones (excluding diaryl/α,β-unsaturated/α-hetero) is 7. The van der Waals surface area contributed by atoms with E-state index in [2.05, 4.69) is 75.3 Å². The maximum absolute atomic E-state index is 12.4. The number of hydrogen-bond acceptors (Lipinski definition) is 19. The van der Waals surface area contributed by atoms with Crippen molar-refractivity contribution in [3.05, 3.63) is 220 Å². The van der Waals surface area contributed by atoms with Crippen molar-refractivity contribution < 1.29 is 58.0 Å². The smallest absolute Gasteiger partial charge is 0.157 e. The molecule has 7 atom stereocenters. The van der Waals surface area contributed by atoms with Gasteiger partial charge in [-0.2, -0.15) is 0 Å². The molecule has 7 aromatic rings. The predicted octanol–water partition coefficient (Wildman–Crippen LogP) is 16.6. The fourth-order valence-corrected chi connectivity index (χ4v) is 18.7. The van der Waals surface area contributed by atoms with Crippen molar-refractivity contribution in [3.8, 4) is 28.7 Å². The molecule has 0 unspecified atom stereocenters. The van der Waals surface area contributed by atoms with Crippen LogP contribution in [-0.2, 0) is 72.3 Å². The van der Waals surface area contributed by atoms with E-state index >= 15 is 0 Å². The summed E-state index contributed by atoms with van der Waals surface area (Å²) < 4.78 is 15.6. The van der Waals surface area contributed by atoms with Gasteiger partial charge in [-0.3, -0.25) is 33.6 Å². The summed E-state index contributed by atoms with van der Waals surface area (Å²) in [5.74, 6) is 4.94. The number of methoxy groups -OCH3 is 3. The molecule has 7 aliphatic rings. The van der Waals surface area contributed by atoms with Gasteiger partial charge in [-0.25, -0.2) is 0 Å². The lowest BCUT2D eigenvalue weighted by Crippen LogP contribution is -2.50. The highest BCUT2D eigenvalue weighted by atomic mass is 16.5. The van der Waals surface area contributed by atoms with Crippen LogP contribution >= 0.6 is 0 Å². The number of phenolic OH excluding ortho intramolecular Hbond substituents is 2. The van der Waals surface area contributed by atoms with Gasteiger partial charge in [0.05, 0.1) is 21.3 Å². The number of ether oxygens (including phenoxy) is 3. The van der Waals surface area contributed by atoms with Crippen LogP contribution in [0.3, 0.4) is 0 Å². The van der Waals surface area contributed by atoms with E-state index in [1.54, 1.807) is 57.7 Å². The van der Waals surface area contributed by atoms with Gasteiger partial charge in [-0.15, -0.1) is 0 Å². The number of aryl methyl sites for hydroxylation is 1. The fraction of sp³-hybridized carbons (Fsp3) is 0.500. The predicted molar refractivity (Wildman–Crippen MR) is 466 cm³/mol. The Morgan fingerprint density at radius 1 is 0.282 bits per heavy atom. The van der Waals surface area contributed by atoms with Crippen LogP contribution in [0.2, 0.25) is 0 Å². The summed E-state index contributed by atoms with van der Waals surface area (Å²) in [6.45, 7) is 10.6. The molecule has 0 aliphatic heterocycles. The van der Waals surface area contributed by atoms with Crippen molar-refractivity contribution >= 4 is 40.5 Å². The van der Waals surface area contributed by atoms with E-state index in [4.69, 9.17) is 14.2 Å². The Morgan fingerprint density at radius 2 is 0.547 bits per heavy atom. The van der Waals surface area contributed by atoms with Crippen molar-refractivity contribution in [3.63, 3.8) is 0 Å². The number of likely N-dealkylation sites (N-methyl/N-ethyl adjacent to an activating group) is 7. The number of phenols is 2. The Bertz CT molecular complexity index is 4350. The number of aromatic hydroxyl groups is 2. The van der Waals surface area contributed by atoms with Crippen LogP contribution in [0.25, 0.3) is 0 Å². The minimum atomic E-state index is -0.586. The van der Waals surface area contributed by atoms with Crippen molar-refractivity contribution in [2.75, 3.05) is 69.2 Å². The van der Waals surface area contributed by atoms with Gasteiger partial charge in [0.15, 0.2) is 40.5 Å². The summed E-state index contributed by atoms with van der Waals surface area (Å²) in [5.41, 5.74) is 4.86. The summed E-state index contributed by atoms with van der Waals surface area (Å²) in [6, 6.07) is 55.8. The molecule has 0 aromatic heterocycles. The molecule has 7 saturated carbocycles. The summed E-state index contributed by atoms with van der Waals surface area (Å²) in [7, 11) is 12.4. The topological polar surface area (TPSA) is 272 Å². The SMILES string of the molecule is CCN[C@@]1(c2cccc(O)c2)CCCCC1=O.CCN[C@@]1(c2cccc(OC)c2)CCCCC1=O.CCN[C@@]1(c2ccccc2)CCCCC1=O.CN[C@@]1(c2ccc(OC)cc2)CCCCC1=O.CN[C@@]1(c2cccc(O)c2)CCCCC1=O.CN[C@@]1(c2cccc(OC)c2)CCCCC1=O.CN[C@@]1(c2ccccc2C)CCCCC1=O. The summed E-state index contributed by atoms with van der Waals surface area (Å²) in [5, 5.41) is 42.1. The monoisotopic (exact) mass is 1600 g/mol. The van der Waals surface area contributed by atoms with E-state index in [1.165, 1.54) is 5.56 Å². The first kappa shape index (κ1) is 93.4. The summed E-state index contributed by atoms with van der Waals surface area (Å²) in [4.78, 5) is 85.7. The molecule has 7 aromatic carbocycles. The zero-order valence-corrected chi connectivity index (χ0v) is 71.6. The average molecular weight is 1600 g/mol. The molecular formula is C98H133N7O12. The molecule has 19 nitrogen and oxygen atoms in total. The molecule has 0 heterocycles. The standard InChI is InChI=1S/C15H21NO2.3C14H19NO2.2C14H19NO.C13H17NO2/c1-3-16-15(10-5-4-9-14(15)17)12-7-6-8-13(11-12)18-2;1-15-14(9-4-3-8-13(14)16)11-6-5-7-12(10-11)17-2;1-15-14(10-4-3-5-13(14)16)11-6-8-12(17-2)9-7-11;1-2-15-14(9-4-3-8-13(14)17)11-6-5-7-12(16)10-11;1-11-7-3-4-8-12(11)14(15-2)10-6-5-9-13(14)16;1-2-15-14(11-7-6-10-13(14)16)12-8-4-3-5-9-12;1-14-13(8-3-2-7-12(13)16)10-5-4-6-11(15)9-10/h6-8,11,16H,3-5,9-10H2,1-2H3;5-7,10,15H,3-4,8-9H2,1-2H3;6-9,15H,3-5,10H2,1-2H3;5-7,10,15-16H,2-4,8-9H2,1H3;3-4,7-8,15H,5-6,9-10H2,1-2H3;3-5,8-9,15H,2,6-7,10-11H2,1H3;4-6,9,14-15H,2-3,7-8H2,1H3/t15-;5*14-;13-/m1111111/s1. The van der Waals surface area contributed by atoms with Crippen molar-refractivity contribution in [2.24, 2.45) is 0 Å². The molecule has 7 aliphatic carbocycles. The number of carbonyl (C=O) groups excluding carboxylic acids is 7. The Morgan fingerprint density at radius 3 is 0.863 bits per heavy atom. The zero-order valence-electron chi connectivity index (χ0n) is 71.6. The minimum absolute atomic E-state index is 0.213. The van der Waals surface area contributed by atoms with Crippen LogP contribution in [0.15, 0.2) is 176 Å². The van der Waals surface area contributed by atoms with E-state index in [9.17, 15) is 43.8 Å². The highest BCUT2D eigenvalue weighted by Crippen LogP contribution is 2.42. The number of rotatable bonds is 20. The second-order valence-electron chi connectivity index (χ2n) is 31.8. The third-order valence-electron chi connectivity index (χ3n) is 25.2. The summed E-state index contributed by atoms with van der Waals surface area (Å²) >= 11 is 0. The van der Waals surface area contributed by atoms with Crippen molar-refractivity contribution in [2.45, 2.75) is 246 Å². The van der Waals surface area contributed by atoms with Gasteiger partial charge < -0.3 is 61.6 Å².